The zero-order valence-electron chi connectivity index (χ0n) is 17.4. The average Bonchev–Trinajstić information content (AvgIpc) is 3.29. The van der Waals surface area contributed by atoms with Gasteiger partial charge in [-0.3, -0.25) is 0 Å². The molecule has 1 unspecified atom stereocenters. The van der Waals surface area contributed by atoms with Crippen molar-refractivity contribution in [2.75, 3.05) is 14.2 Å². The van der Waals surface area contributed by atoms with Gasteiger partial charge in [-0.05, 0) is 41.0 Å². The largest absolute Gasteiger partial charge is 0.493 e. The molecule has 0 aliphatic rings. The predicted molar refractivity (Wildman–Crippen MR) is 119 cm³/mol. The number of fused-ring (bicyclic) bond motifs is 1. The van der Waals surface area contributed by atoms with Crippen molar-refractivity contribution in [2.24, 2.45) is 0 Å². The lowest BCUT2D eigenvalue weighted by molar-refractivity contribution is 0.238. The Morgan fingerprint density at radius 2 is 1.77 bits per heavy atom. The third kappa shape index (κ3) is 4.61. The first kappa shape index (κ1) is 20.3. The van der Waals surface area contributed by atoms with E-state index in [1.165, 1.54) is 0 Å². The van der Waals surface area contributed by atoms with Gasteiger partial charge in [0.2, 0.25) is 0 Å². The van der Waals surface area contributed by atoms with Crippen LogP contribution < -0.4 is 20.1 Å². The van der Waals surface area contributed by atoms with Crippen molar-refractivity contribution in [1.29, 1.82) is 0 Å². The van der Waals surface area contributed by atoms with Crippen LogP contribution in [0.1, 0.15) is 22.7 Å². The Kier molecular flexibility index (Phi) is 6.03. The second-order valence-corrected chi connectivity index (χ2v) is 7.04. The van der Waals surface area contributed by atoms with Crippen molar-refractivity contribution in [3.05, 3.63) is 89.7 Å². The van der Waals surface area contributed by atoms with E-state index in [1.807, 2.05) is 66.7 Å². The second kappa shape index (κ2) is 9.21. The summed E-state index contributed by atoms with van der Waals surface area (Å²) in [5, 5.41) is 6.01. The Morgan fingerprint density at radius 3 is 2.55 bits per heavy atom. The van der Waals surface area contributed by atoms with Crippen LogP contribution in [0.15, 0.2) is 73.1 Å². The summed E-state index contributed by atoms with van der Waals surface area (Å²) in [5.41, 5.74) is 4.66. The fourth-order valence-corrected chi connectivity index (χ4v) is 3.49. The molecule has 0 spiro atoms. The number of H-pyrrole nitrogens is 1. The highest BCUT2D eigenvalue weighted by atomic mass is 16.5. The van der Waals surface area contributed by atoms with Gasteiger partial charge < -0.3 is 25.1 Å². The lowest BCUT2D eigenvalue weighted by atomic mass is 9.98. The molecule has 4 rings (SSSR count). The number of hydrogen-bond acceptors (Lipinski definition) is 4. The Hall–Kier alpha value is -4.00. The van der Waals surface area contributed by atoms with Crippen LogP contribution in [0, 0.1) is 0 Å². The molecule has 0 fully saturated rings. The van der Waals surface area contributed by atoms with Crippen molar-refractivity contribution in [2.45, 2.75) is 12.6 Å². The molecule has 0 bridgehead atoms. The number of amides is 2. The minimum absolute atomic E-state index is 0.270. The zero-order valence-corrected chi connectivity index (χ0v) is 17.4. The Balaban J connectivity index is 1.51. The smallest absolute Gasteiger partial charge is 0.315 e. The molecule has 31 heavy (non-hydrogen) atoms. The Morgan fingerprint density at radius 1 is 0.968 bits per heavy atom. The summed E-state index contributed by atoms with van der Waals surface area (Å²) in [5.74, 6) is 1.27. The summed E-state index contributed by atoms with van der Waals surface area (Å²) in [6.07, 6.45) is 1.66. The molecular formula is C24H24N4O3. The standard InChI is InChI=1S/C24H24N4O3/c1-30-21-11-8-16(12-22(21)31-2)14-25-24(29)28-23(17-6-4-3-5-7-17)18-9-10-19-20(13-18)27-15-26-19/h3-13,15,23H,14H2,1-2H3,(H,26,27)(H2,25,28,29). The minimum atomic E-state index is -0.306. The molecule has 4 aromatic rings. The van der Waals surface area contributed by atoms with E-state index in [9.17, 15) is 4.79 Å². The van der Waals surface area contributed by atoms with Crippen LogP contribution in [-0.2, 0) is 6.54 Å². The molecule has 7 heteroatoms. The molecular weight excluding hydrogens is 392 g/mol. The number of carbonyl (C=O) groups excluding carboxylic acids is 1. The third-order valence-corrected chi connectivity index (χ3v) is 5.09. The summed E-state index contributed by atoms with van der Waals surface area (Å²) in [7, 11) is 3.18. The maximum atomic E-state index is 12.8. The number of aromatic amines is 1. The summed E-state index contributed by atoms with van der Waals surface area (Å²) in [4.78, 5) is 20.2. The van der Waals surface area contributed by atoms with Gasteiger partial charge >= 0.3 is 6.03 Å². The van der Waals surface area contributed by atoms with Crippen molar-refractivity contribution < 1.29 is 14.3 Å². The predicted octanol–water partition coefficient (Wildman–Crippen LogP) is 4.17. The molecule has 2 amide bonds. The van der Waals surface area contributed by atoms with E-state index in [0.29, 0.717) is 18.0 Å². The van der Waals surface area contributed by atoms with Crippen LogP contribution in [0.25, 0.3) is 11.0 Å². The highest BCUT2D eigenvalue weighted by molar-refractivity contribution is 5.77. The molecule has 0 aliphatic carbocycles. The number of nitrogens with zero attached hydrogens (tertiary/aromatic N) is 1. The maximum absolute atomic E-state index is 12.8. The number of imidazole rings is 1. The minimum Gasteiger partial charge on any atom is -0.493 e. The van der Waals surface area contributed by atoms with Gasteiger partial charge in [-0.1, -0.05) is 42.5 Å². The van der Waals surface area contributed by atoms with Gasteiger partial charge in [0.25, 0.3) is 0 Å². The van der Waals surface area contributed by atoms with E-state index in [1.54, 1.807) is 20.5 Å². The second-order valence-electron chi connectivity index (χ2n) is 7.04. The van der Waals surface area contributed by atoms with E-state index in [4.69, 9.17) is 9.47 Å². The van der Waals surface area contributed by atoms with Crippen LogP contribution in [0.3, 0.4) is 0 Å². The van der Waals surface area contributed by atoms with E-state index in [0.717, 1.165) is 27.7 Å². The number of aromatic nitrogens is 2. The molecule has 7 nitrogen and oxygen atoms in total. The van der Waals surface area contributed by atoms with Gasteiger partial charge in [-0.15, -0.1) is 0 Å². The van der Waals surface area contributed by atoms with E-state index in [2.05, 4.69) is 20.6 Å². The molecule has 0 radical (unpaired) electrons. The molecule has 0 saturated carbocycles. The van der Waals surface area contributed by atoms with Gasteiger partial charge in [0, 0.05) is 6.54 Å². The first-order valence-corrected chi connectivity index (χ1v) is 9.91. The molecule has 0 aliphatic heterocycles. The number of carbonyl (C=O) groups is 1. The molecule has 1 aromatic heterocycles. The van der Waals surface area contributed by atoms with Crippen molar-refractivity contribution >= 4 is 17.1 Å². The van der Waals surface area contributed by atoms with Crippen molar-refractivity contribution in [1.82, 2.24) is 20.6 Å². The number of benzene rings is 3. The SMILES string of the molecule is COc1ccc(CNC(=O)NC(c2ccccc2)c2ccc3nc[nH]c3c2)cc1OC. The lowest BCUT2D eigenvalue weighted by Gasteiger charge is -2.20. The van der Waals surface area contributed by atoms with Gasteiger partial charge in [0.05, 0.1) is 37.6 Å². The quantitative estimate of drug-likeness (QED) is 0.422. The van der Waals surface area contributed by atoms with Crippen molar-refractivity contribution in [3.8, 4) is 11.5 Å². The normalized spacial score (nSPS) is 11.7. The van der Waals surface area contributed by atoms with Crippen LogP contribution in [-0.4, -0.2) is 30.2 Å². The summed E-state index contributed by atoms with van der Waals surface area (Å²) >= 11 is 0. The van der Waals surface area contributed by atoms with Crippen LogP contribution in [0.5, 0.6) is 11.5 Å². The fourth-order valence-electron chi connectivity index (χ4n) is 3.49. The van der Waals surface area contributed by atoms with Gasteiger partial charge in [0.1, 0.15) is 0 Å². The molecule has 3 N–H and O–H groups in total. The Labute approximate surface area is 180 Å². The summed E-state index contributed by atoms with van der Waals surface area (Å²) in [6, 6.07) is 20.8. The fraction of sp³-hybridized carbons (Fsp3) is 0.167. The highest BCUT2D eigenvalue weighted by Gasteiger charge is 2.17. The van der Waals surface area contributed by atoms with E-state index < -0.39 is 0 Å². The molecule has 3 aromatic carbocycles. The number of hydrogen-bond donors (Lipinski definition) is 3. The van der Waals surface area contributed by atoms with Gasteiger partial charge in [-0.2, -0.15) is 0 Å². The van der Waals surface area contributed by atoms with Gasteiger partial charge in [-0.25, -0.2) is 9.78 Å². The van der Waals surface area contributed by atoms with Gasteiger partial charge in [0.15, 0.2) is 11.5 Å². The number of nitrogens with one attached hydrogen (secondary N) is 3. The third-order valence-electron chi connectivity index (χ3n) is 5.09. The zero-order chi connectivity index (χ0) is 21.6. The number of rotatable bonds is 7. The summed E-state index contributed by atoms with van der Waals surface area (Å²) in [6.45, 7) is 0.354. The number of urea groups is 1. The first-order valence-electron chi connectivity index (χ1n) is 9.91. The topological polar surface area (TPSA) is 88.3 Å². The van der Waals surface area contributed by atoms with Crippen LogP contribution >= 0.6 is 0 Å². The van der Waals surface area contributed by atoms with Crippen LogP contribution in [0.4, 0.5) is 4.79 Å². The van der Waals surface area contributed by atoms with Crippen molar-refractivity contribution in [3.63, 3.8) is 0 Å². The van der Waals surface area contributed by atoms with E-state index >= 15 is 0 Å². The van der Waals surface area contributed by atoms with Crippen LogP contribution in [0.2, 0.25) is 0 Å². The highest BCUT2D eigenvalue weighted by Crippen LogP contribution is 2.28. The lowest BCUT2D eigenvalue weighted by Crippen LogP contribution is -2.38. The number of ether oxygens (including phenoxy) is 2. The maximum Gasteiger partial charge on any atom is 0.315 e. The Bertz CT molecular complexity index is 1170. The first-order chi connectivity index (χ1) is 15.2. The van der Waals surface area contributed by atoms with E-state index in [-0.39, 0.29) is 12.1 Å². The average molecular weight is 416 g/mol. The molecule has 0 saturated heterocycles. The summed E-state index contributed by atoms with van der Waals surface area (Å²) < 4.78 is 10.6. The molecule has 1 atom stereocenters. The molecule has 158 valence electrons. The number of methoxy groups -OCH3 is 2. The monoisotopic (exact) mass is 416 g/mol. The molecule has 1 heterocycles.